The second kappa shape index (κ2) is 8.97. The van der Waals surface area contributed by atoms with E-state index in [1.165, 1.54) is 10.5 Å². The maximum Gasteiger partial charge on any atom is 0.251 e. The highest BCUT2D eigenvalue weighted by Crippen LogP contribution is 2.27. The number of sulfonamides is 1. The number of aromatic nitrogens is 3. The summed E-state index contributed by atoms with van der Waals surface area (Å²) in [5, 5.41) is 0. The van der Waals surface area contributed by atoms with E-state index in [9.17, 15) is 13.2 Å². The van der Waals surface area contributed by atoms with Gasteiger partial charge in [-0.3, -0.25) is 9.78 Å². The molecule has 0 spiro atoms. The Morgan fingerprint density at radius 3 is 2.58 bits per heavy atom. The predicted octanol–water partition coefficient (Wildman–Crippen LogP) is 1.67. The number of amides is 1. The van der Waals surface area contributed by atoms with Gasteiger partial charge in [0.25, 0.3) is 5.91 Å². The highest BCUT2D eigenvalue weighted by molar-refractivity contribution is 7.89. The molecule has 2 aliphatic rings. The van der Waals surface area contributed by atoms with Gasteiger partial charge >= 0.3 is 0 Å². The molecule has 2 fully saturated rings. The first-order valence-electron chi connectivity index (χ1n) is 10.6. The van der Waals surface area contributed by atoms with Crippen LogP contribution in [0.5, 0.6) is 0 Å². The van der Waals surface area contributed by atoms with Crippen LogP contribution in [0.15, 0.2) is 35.6 Å². The summed E-state index contributed by atoms with van der Waals surface area (Å²) < 4.78 is 33.7. The summed E-state index contributed by atoms with van der Waals surface area (Å²) in [6.07, 6.45) is 5.94. The van der Waals surface area contributed by atoms with Crippen LogP contribution in [0, 0.1) is 0 Å². The van der Waals surface area contributed by atoms with Crippen molar-refractivity contribution in [3.63, 3.8) is 0 Å². The van der Waals surface area contributed by atoms with Crippen molar-refractivity contribution in [2.24, 2.45) is 0 Å². The molecule has 0 radical (unpaired) electrons. The lowest BCUT2D eigenvalue weighted by Crippen LogP contribution is -2.52. The van der Waals surface area contributed by atoms with Crippen molar-refractivity contribution < 1.29 is 17.9 Å². The number of rotatable bonds is 5. The van der Waals surface area contributed by atoms with E-state index in [-0.39, 0.29) is 35.9 Å². The number of piperazine rings is 1. The van der Waals surface area contributed by atoms with Crippen molar-refractivity contribution in [3.8, 4) is 11.4 Å². The molecule has 4 heterocycles. The maximum atomic E-state index is 13.4. The Labute approximate surface area is 182 Å². The first kappa shape index (κ1) is 21.8. The van der Waals surface area contributed by atoms with Crippen LogP contribution in [-0.4, -0.2) is 77.4 Å². The van der Waals surface area contributed by atoms with Crippen LogP contribution in [0.25, 0.3) is 11.4 Å². The molecule has 2 saturated heterocycles. The monoisotopic (exact) mass is 445 g/mol. The molecule has 0 N–H and O–H groups in total. The van der Waals surface area contributed by atoms with Crippen LogP contribution >= 0.6 is 0 Å². The third-order valence-electron chi connectivity index (χ3n) is 5.62. The largest absolute Gasteiger partial charge is 0.368 e. The van der Waals surface area contributed by atoms with Gasteiger partial charge in [0.15, 0.2) is 5.82 Å². The average Bonchev–Trinajstić information content (AvgIpc) is 3.34. The van der Waals surface area contributed by atoms with Gasteiger partial charge in [-0.05, 0) is 30.9 Å². The molecule has 9 nitrogen and oxygen atoms in total. The lowest BCUT2D eigenvalue weighted by atomic mass is 10.1. The van der Waals surface area contributed by atoms with Crippen LogP contribution in [0.3, 0.4) is 0 Å². The summed E-state index contributed by atoms with van der Waals surface area (Å²) in [6.45, 7) is 5.61. The molecule has 0 aliphatic carbocycles. The van der Waals surface area contributed by atoms with Gasteiger partial charge in [-0.15, -0.1) is 0 Å². The van der Waals surface area contributed by atoms with Gasteiger partial charge in [0.2, 0.25) is 10.0 Å². The zero-order valence-electron chi connectivity index (χ0n) is 17.8. The van der Waals surface area contributed by atoms with E-state index in [2.05, 4.69) is 15.0 Å². The van der Waals surface area contributed by atoms with E-state index >= 15 is 0 Å². The summed E-state index contributed by atoms with van der Waals surface area (Å²) >= 11 is 0. The fraction of sp³-hybridized carbons (Fsp3) is 0.524. The van der Waals surface area contributed by atoms with Crippen molar-refractivity contribution in [1.82, 2.24) is 24.2 Å². The molecule has 10 heteroatoms. The van der Waals surface area contributed by atoms with E-state index in [1.807, 2.05) is 19.9 Å². The molecule has 1 atom stereocenters. The fourth-order valence-electron chi connectivity index (χ4n) is 3.89. The number of carbonyl (C=O) groups is 1. The molecular formula is C21H27N5O4S. The number of nitrogens with zero attached hydrogens (tertiary/aromatic N) is 5. The third kappa shape index (κ3) is 4.46. The van der Waals surface area contributed by atoms with Crippen molar-refractivity contribution in [1.29, 1.82) is 0 Å². The number of carbonyl (C=O) groups excluding carboxylic acids is 1. The first-order valence-corrected chi connectivity index (χ1v) is 12.0. The molecule has 2 aromatic rings. The number of ether oxygens (including phenoxy) is 1. The first-order chi connectivity index (χ1) is 14.9. The van der Waals surface area contributed by atoms with Gasteiger partial charge in [-0.25, -0.2) is 18.4 Å². The van der Waals surface area contributed by atoms with E-state index in [1.54, 1.807) is 23.4 Å². The Morgan fingerprint density at radius 1 is 1.19 bits per heavy atom. The van der Waals surface area contributed by atoms with Gasteiger partial charge in [-0.2, -0.15) is 4.31 Å². The zero-order chi connectivity index (χ0) is 22.0. The lowest BCUT2D eigenvalue weighted by Gasteiger charge is -2.35. The molecule has 0 unspecified atom stereocenters. The van der Waals surface area contributed by atoms with Gasteiger partial charge in [-0.1, -0.05) is 13.8 Å². The molecule has 4 rings (SSSR count). The van der Waals surface area contributed by atoms with Crippen LogP contribution < -0.4 is 0 Å². The minimum atomic E-state index is -3.78. The van der Waals surface area contributed by atoms with Gasteiger partial charge in [0, 0.05) is 50.7 Å². The van der Waals surface area contributed by atoms with Crippen LogP contribution in [-0.2, 0) is 19.6 Å². The SMILES string of the molecule is CC(C)c1nc(-c2cccnc2)ncc1S(=O)(=O)N1CCN(C(=O)[C@H]2CCCO2)CC1. The Morgan fingerprint density at radius 2 is 1.97 bits per heavy atom. The summed E-state index contributed by atoms with van der Waals surface area (Å²) in [4.78, 5) is 27.3. The summed E-state index contributed by atoms with van der Waals surface area (Å²) in [5.41, 5.74) is 1.21. The standard InChI is InChI=1S/C21H27N5O4S/c1-15(2)19-18(14-23-20(24-19)16-5-3-7-22-13-16)31(28,29)26-10-8-25(9-11-26)21(27)17-6-4-12-30-17/h3,5,7,13-15,17H,4,6,8-12H2,1-2H3/t17-/m1/s1. The Balaban J connectivity index is 1.54. The minimum Gasteiger partial charge on any atom is -0.368 e. The quantitative estimate of drug-likeness (QED) is 0.689. The van der Waals surface area contributed by atoms with Gasteiger partial charge in [0.1, 0.15) is 11.0 Å². The highest BCUT2D eigenvalue weighted by atomic mass is 32.2. The fourth-order valence-corrected chi connectivity index (χ4v) is 5.55. The third-order valence-corrected chi connectivity index (χ3v) is 7.54. The number of hydrogen-bond acceptors (Lipinski definition) is 7. The Kier molecular flexibility index (Phi) is 6.31. The topological polar surface area (TPSA) is 106 Å². The van der Waals surface area contributed by atoms with Crippen molar-refractivity contribution in [3.05, 3.63) is 36.4 Å². The summed E-state index contributed by atoms with van der Waals surface area (Å²) in [6, 6.07) is 3.63. The second-order valence-electron chi connectivity index (χ2n) is 8.07. The molecule has 166 valence electrons. The molecule has 1 amide bonds. The number of hydrogen-bond donors (Lipinski definition) is 0. The second-order valence-corrected chi connectivity index (χ2v) is 9.98. The zero-order valence-corrected chi connectivity index (χ0v) is 18.6. The van der Waals surface area contributed by atoms with E-state index < -0.39 is 10.0 Å². The number of pyridine rings is 1. The normalized spacial score (nSPS) is 20.4. The van der Waals surface area contributed by atoms with Crippen LogP contribution in [0.4, 0.5) is 0 Å². The minimum absolute atomic E-state index is 0.0402. The predicted molar refractivity (Wildman–Crippen MR) is 114 cm³/mol. The Hall–Kier alpha value is -2.43. The summed E-state index contributed by atoms with van der Waals surface area (Å²) in [7, 11) is -3.78. The van der Waals surface area contributed by atoms with Crippen molar-refractivity contribution in [2.45, 2.75) is 43.6 Å². The molecule has 2 aromatic heterocycles. The Bertz CT molecular complexity index is 1030. The summed E-state index contributed by atoms with van der Waals surface area (Å²) in [5.74, 6) is 0.301. The van der Waals surface area contributed by atoms with Gasteiger partial charge in [0.05, 0.1) is 11.9 Å². The molecule has 0 aromatic carbocycles. The average molecular weight is 446 g/mol. The van der Waals surface area contributed by atoms with E-state index in [0.717, 1.165) is 18.4 Å². The van der Waals surface area contributed by atoms with Crippen molar-refractivity contribution >= 4 is 15.9 Å². The van der Waals surface area contributed by atoms with Gasteiger partial charge < -0.3 is 9.64 Å². The van der Waals surface area contributed by atoms with E-state index in [4.69, 9.17) is 4.74 Å². The van der Waals surface area contributed by atoms with Crippen LogP contribution in [0.2, 0.25) is 0 Å². The smallest absolute Gasteiger partial charge is 0.251 e. The molecule has 2 aliphatic heterocycles. The molecule has 0 saturated carbocycles. The van der Waals surface area contributed by atoms with Crippen LogP contribution in [0.1, 0.15) is 38.3 Å². The highest BCUT2D eigenvalue weighted by Gasteiger charge is 2.35. The molecular weight excluding hydrogens is 418 g/mol. The maximum absolute atomic E-state index is 13.4. The lowest BCUT2D eigenvalue weighted by molar-refractivity contribution is -0.142. The molecule has 31 heavy (non-hydrogen) atoms. The van der Waals surface area contributed by atoms with Crippen molar-refractivity contribution in [2.75, 3.05) is 32.8 Å². The molecule has 0 bridgehead atoms. The van der Waals surface area contributed by atoms with E-state index in [0.29, 0.717) is 31.2 Å².